The Labute approximate surface area is 118 Å². The van der Waals surface area contributed by atoms with Gasteiger partial charge in [0.2, 0.25) is 0 Å². The number of hydrogen-bond acceptors (Lipinski definition) is 4. The molecule has 106 valence electrons. The van der Waals surface area contributed by atoms with E-state index in [-0.39, 0.29) is 17.9 Å². The van der Waals surface area contributed by atoms with E-state index in [9.17, 15) is 9.59 Å². The summed E-state index contributed by atoms with van der Waals surface area (Å²) in [7, 11) is 0. The molecule has 2 heterocycles. The third-order valence-electron chi connectivity index (χ3n) is 4.27. The maximum absolute atomic E-state index is 12.5. The molecule has 1 fully saturated rings. The molecule has 2 amide bonds. The first-order chi connectivity index (χ1) is 9.63. The number of nitrogens with zero attached hydrogens (tertiary/aromatic N) is 2. The van der Waals surface area contributed by atoms with Gasteiger partial charge in [0.15, 0.2) is 0 Å². The Morgan fingerprint density at radius 2 is 2.10 bits per heavy atom. The van der Waals surface area contributed by atoms with Gasteiger partial charge in [-0.1, -0.05) is 13.0 Å². The van der Waals surface area contributed by atoms with Crippen LogP contribution in [-0.2, 0) is 0 Å². The number of carbonyl (C=O) groups is 2. The third kappa shape index (κ3) is 1.89. The van der Waals surface area contributed by atoms with E-state index < -0.39 is 0 Å². The minimum atomic E-state index is -0.231. The number of hydrogen-bond donors (Lipinski definition) is 1. The molecule has 0 radical (unpaired) electrons. The number of anilines is 1. The number of likely N-dealkylation sites (N-methyl/N-ethyl adjacent to an activating group) is 1. The van der Waals surface area contributed by atoms with Crippen LogP contribution in [0.15, 0.2) is 18.2 Å². The summed E-state index contributed by atoms with van der Waals surface area (Å²) in [5, 5.41) is 0. The molecule has 5 nitrogen and oxygen atoms in total. The van der Waals surface area contributed by atoms with Crippen LogP contribution in [0.25, 0.3) is 0 Å². The monoisotopic (exact) mass is 273 g/mol. The van der Waals surface area contributed by atoms with Crippen molar-refractivity contribution in [2.24, 2.45) is 0 Å². The Morgan fingerprint density at radius 1 is 1.30 bits per heavy atom. The lowest BCUT2D eigenvalue weighted by Gasteiger charge is -2.36. The number of benzene rings is 1. The van der Waals surface area contributed by atoms with Crippen LogP contribution in [0.4, 0.5) is 5.69 Å². The zero-order chi connectivity index (χ0) is 14.3. The second-order valence-corrected chi connectivity index (χ2v) is 5.44. The van der Waals surface area contributed by atoms with Gasteiger partial charge in [0.1, 0.15) is 0 Å². The molecule has 2 aliphatic heterocycles. The van der Waals surface area contributed by atoms with E-state index in [1.54, 1.807) is 18.2 Å². The average molecular weight is 273 g/mol. The topological polar surface area (TPSA) is 66.6 Å². The van der Waals surface area contributed by atoms with Gasteiger partial charge in [0, 0.05) is 12.2 Å². The van der Waals surface area contributed by atoms with Gasteiger partial charge >= 0.3 is 0 Å². The lowest BCUT2D eigenvalue weighted by molar-refractivity contribution is 0.0487. The Kier molecular flexibility index (Phi) is 3.22. The first kappa shape index (κ1) is 13.1. The largest absolute Gasteiger partial charge is 0.398 e. The highest BCUT2D eigenvalue weighted by atomic mass is 16.2. The van der Waals surface area contributed by atoms with Gasteiger partial charge in [0.25, 0.3) is 11.8 Å². The molecule has 3 rings (SSSR count). The van der Waals surface area contributed by atoms with Crippen LogP contribution in [0.3, 0.4) is 0 Å². The van der Waals surface area contributed by atoms with Crippen molar-refractivity contribution in [1.82, 2.24) is 9.80 Å². The molecule has 0 saturated carbocycles. The van der Waals surface area contributed by atoms with E-state index in [2.05, 4.69) is 11.8 Å². The highest BCUT2D eigenvalue weighted by molar-refractivity contribution is 6.23. The van der Waals surface area contributed by atoms with E-state index in [1.165, 1.54) is 4.90 Å². The molecule has 0 spiro atoms. The van der Waals surface area contributed by atoms with E-state index in [4.69, 9.17) is 5.73 Å². The van der Waals surface area contributed by atoms with Gasteiger partial charge in [-0.15, -0.1) is 0 Å². The zero-order valence-corrected chi connectivity index (χ0v) is 11.6. The van der Waals surface area contributed by atoms with Crippen LogP contribution in [0.2, 0.25) is 0 Å². The number of imide groups is 1. The number of fused-ring (bicyclic) bond motifs is 1. The number of rotatable bonds is 2. The standard InChI is InChI=1S/C15H19N3O2/c1-2-17-8-4-5-10(9-17)18-14(19)11-6-3-7-12(16)13(11)15(18)20/h3,6-7,10H,2,4-5,8-9,16H2,1H3/t10-/m1/s1. The fourth-order valence-electron chi connectivity index (χ4n) is 3.19. The van der Waals surface area contributed by atoms with Crippen molar-refractivity contribution in [3.05, 3.63) is 29.3 Å². The van der Waals surface area contributed by atoms with Crippen LogP contribution in [0.5, 0.6) is 0 Å². The van der Waals surface area contributed by atoms with Gasteiger partial charge in [-0.3, -0.25) is 14.5 Å². The van der Waals surface area contributed by atoms with Crippen molar-refractivity contribution in [1.29, 1.82) is 0 Å². The Balaban J connectivity index is 1.92. The minimum absolute atomic E-state index is 0.0319. The first-order valence-corrected chi connectivity index (χ1v) is 7.12. The molecule has 1 aromatic carbocycles. The number of amides is 2. The maximum Gasteiger partial charge on any atom is 0.263 e. The fourth-order valence-corrected chi connectivity index (χ4v) is 3.19. The molecule has 2 aliphatic rings. The summed E-state index contributed by atoms with van der Waals surface area (Å²) < 4.78 is 0. The highest BCUT2D eigenvalue weighted by Crippen LogP contribution is 2.31. The molecule has 1 saturated heterocycles. The molecule has 0 aromatic heterocycles. The minimum Gasteiger partial charge on any atom is -0.398 e. The zero-order valence-electron chi connectivity index (χ0n) is 11.6. The van der Waals surface area contributed by atoms with Gasteiger partial charge in [0.05, 0.1) is 17.2 Å². The number of likely N-dealkylation sites (tertiary alicyclic amines) is 1. The molecule has 1 atom stereocenters. The quantitative estimate of drug-likeness (QED) is 0.652. The van der Waals surface area contributed by atoms with Crippen molar-refractivity contribution in [3.63, 3.8) is 0 Å². The predicted octanol–water partition coefficient (Wildman–Crippen LogP) is 1.35. The van der Waals surface area contributed by atoms with Crippen LogP contribution in [-0.4, -0.2) is 47.3 Å². The van der Waals surface area contributed by atoms with Crippen molar-refractivity contribution in [2.45, 2.75) is 25.8 Å². The molecule has 2 N–H and O–H groups in total. The predicted molar refractivity (Wildman–Crippen MR) is 76.5 cm³/mol. The summed E-state index contributed by atoms with van der Waals surface area (Å²) in [5.74, 6) is -0.425. The van der Waals surface area contributed by atoms with Crippen molar-refractivity contribution in [3.8, 4) is 0 Å². The summed E-state index contributed by atoms with van der Waals surface area (Å²) >= 11 is 0. The third-order valence-corrected chi connectivity index (χ3v) is 4.27. The Morgan fingerprint density at radius 3 is 2.80 bits per heavy atom. The summed E-state index contributed by atoms with van der Waals surface area (Å²) in [4.78, 5) is 28.7. The summed E-state index contributed by atoms with van der Waals surface area (Å²) in [6.45, 7) is 4.85. The summed E-state index contributed by atoms with van der Waals surface area (Å²) in [6.07, 6.45) is 1.89. The van der Waals surface area contributed by atoms with Gasteiger partial charge in [-0.25, -0.2) is 0 Å². The molecule has 20 heavy (non-hydrogen) atoms. The van der Waals surface area contributed by atoms with Crippen LogP contribution in [0.1, 0.15) is 40.5 Å². The van der Waals surface area contributed by atoms with Crippen molar-refractivity contribution in [2.75, 3.05) is 25.4 Å². The summed E-state index contributed by atoms with van der Waals surface area (Å²) in [6, 6.07) is 5.05. The van der Waals surface area contributed by atoms with Crippen molar-refractivity contribution < 1.29 is 9.59 Å². The maximum atomic E-state index is 12.5. The number of nitrogen functional groups attached to an aromatic ring is 1. The van der Waals surface area contributed by atoms with Gasteiger partial charge < -0.3 is 10.6 Å². The van der Waals surface area contributed by atoms with Crippen molar-refractivity contribution >= 4 is 17.5 Å². The Hall–Kier alpha value is -1.88. The molecule has 0 aliphatic carbocycles. The second kappa shape index (κ2) is 4.90. The van der Waals surface area contributed by atoms with E-state index in [0.717, 1.165) is 32.5 Å². The van der Waals surface area contributed by atoms with Crippen LogP contribution >= 0.6 is 0 Å². The second-order valence-electron chi connectivity index (χ2n) is 5.44. The SMILES string of the molecule is CCN1CCC[C@@H](N2C(=O)c3cccc(N)c3C2=O)C1. The molecule has 0 bridgehead atoms. The fraction of sp³-hybridized carbons (Fsp3) is 0.467. The van der Waals surface area contributed by atoms with E-state index in [1.807, 2.05) is 0 Å². The number of carbonyl (C=O) groups excluding carboxylic acids is 2. The van der Waals surface area contributed by atoms with E-state index in [0.29, 0.717) is 16.8 Å². The molecular formula is C15H19N3O2. The summed E-state index contributed by atoms with van der Waals surface area (Å²) in [5.41, 5.74) is 7.08. The average Bonchev–Trinajstić information content (AvgIpc) is 2.72. The van der Waals surface area contributed by atoms with Crippen LogP contribution in [0, 0.1) is 0 Å². The van der Waals surface area contributed by atoms with Crippen LogP contribution < -0.4 is 5.73 Å². The molecular weight excluding hydrogens is 254 g/mol. The highest BCUT2D eigenvalue weighted by Gasteiger charge is 2.42. The number of piperidine rings is 1. The number of nitrogens with two attached hydrogens (primary N) is 1. The smallest absolute Gasteiger partial charge is 0.263 e. The molecule has 1 aromatic rings. The first-order valence-electron chi connectivity index (χ1n) is 7.12. The van der Waals surface area contributed by atoms with E-state index >= 15 is 0 Å². The van der Waals surface area contributed by atoms with Gasteiger partial charge in [-0.05, 0) is 38.1 Å². The lowest BCUT2D eigenvalue weighted by Crippen LogP contribution is -2.50. The lowest BCUT2D eigenvalue weighted by atomic mass is 10.0. The molecule has 0 unspecified atom stereocenters. The molecule has 5 heteroatoms. The Bertz CT molecular complexity index is 570. The van der Waals surface area contributed by atoms with Gasteiger partial charge in [-0.2, -0.15) is 0 Å². The normalized spacial score (nSPS) is 23.2.